The molecular weight excluding hydrogens is 388 g/mol. The molecule has 10 heteroatoms. The summed E-state index contributed by atoms with van der Waals surface area (Å²) < 4.78 is 37.9. The Balaban J connectivity index is 2.18. The number of H-pyrrole nitrogens is 1. The largest absolute Gasteiger partial charge is 0.497 e. The summed E-state index contributed by atoms with van der Waals surface area (Å²) in [5.74, 6) is -1.77. The first-order valence-electron chi connectivity index (χ1n) is 7.91. The first kappa shape index (κ1) is 19.2. The van der Waals surface area contributed by atoms with Gasteiger partial charge in [0.05, 0.1) is 25.5 Å². The quantitative estimate of drug-likeness (QED) is 0.537. The van der Waals surface area contributed by atoms with E-state index in [4.69, 9.17) is 4.74 Å². The Bertz CT molecular complexity index is 1180. The molecule has 0 saturated heterocycles. The number of aromatic carboxylic acids is 1. The molecule has 0 spiro atoms. The number of hydrogen-bond donors (Lipinski definition) is 3. The monoisotopic (exact) mass is 404 g/mol. The molecule has 146 valence electrons. The van der Waals surface area contributed by atoms with Crippen LogP contribution in [0.25, 0.3) is 10.9 Å². The van der Waals surface area contributed by atoms with Gasteiger partial charge in [0.25, 0.3) is 10.0 Å². The van der Waals surface area contributed by atoms with Gasteiger partial charge >= 0.3 is 11.9 Å². The smallest absolute Gasteiger partial charge is 0.354 e. The maximum Gasteiger partial charge on any atom is 0.354 e. The fraction of sp³-hybridized carbons (Fsp3) is 0.111. The van der Waals surface area contributed by atoms with Crippen LogP contribution in [0, 0.1) is 0 Å². The van der Waals surface area contributed by atoms with Gasteiger partial charge in [0, 0.05) is 10.9 Å². The van der Waals surface area contributed by atoms with E-state index in [1.54, 1.807) is 12.1 Å². The SMILES string of the molecule is COC(=O)c1ccccc1S(=O)(=O)Nc1c(C(=O)O)[nH]c2ccc(OC)cc12. The molecule has 28 heavy (non-hydrogen) atoms. The number of nitrogens with one attached hydrogen (secondary N) is 2. The van der Waals surface area contributed by atoms with Gasteiger partial charge in [-0.05, 0) is 30.3 Å². The molecule has 3 aromatic rings. The van der Waals surface area contributed by atoms with Crippen LogP contribution in [0.5, 0.6) is 5.75 Å². The molecule has 3 N–H and O–H groups in total. The zero-order valence-electron chi connectivity index (χ0n) is 14.8. The van der Waals surface area contributed by atoms with Crippen molar-refractivity contribution in [3.05, 3.63) is 53.7 Å². The van der Waals surface area contributed by atoms with Crippen LogP contribution in [0.15, 0.2) is 47.4 Å². The van der Waals surface area contributed by atoms with Gasteiger partial charge in [0.2, 0.25) is 0 Å². The summed E-state index contributed by atoms with van der Waals surface area (Å²) in [5.41, 5.74) is -0.285. The van der Waals surface area contributed by atoms with Gasteiger partial charge in [-0.2, -0.15) is 0 Å². The molecule has 0 aliphatic heterocycles. The Kier molecular flexibility index (Phi) is 4.97. The second-order valence-corrected chi connectivity index (χ2v) is 7.34. The van der Waals surface area contributed by atoms with Gasteiger partial charge in [-0.1, -0.05) is 12.1 Å². The van der Waals surface area contributed by atoms with Crippen molar-refractivity contribution in [1.29, 1.82) is 0 Å². The molecule has 0 saturated carbocycles. The van der Waals surface area contributed by atoms with Crippen LogP contribution in [0.3, 0.4) is 0 Å². The summed E-state index contributed by atoms with van der Waals surface area (Å²) >= 11 is 0. The van der Waals surface area contributed by atoms with Crippen molar-refractivity contribution >= 4 is 38.6 Å². The number of ether oxygens (including phenoxy) is 2. The molecule has 1 heterocycles. The van der Waals surface area contributed by atoms with E-state index in [9.17, 15) is 23.1 Å². The molecule has 0 amide bonds. The number of benzene rings is 2. The highest BCUT2D eigenvalue weighted by Crippen LogP contribution is 2.33. The van der Waals surface area contributed by atoms with E-state index < -0.39 is 22.0 Å². The highest BCUT2D eigenvalue weighted by molar-refractivity contribution is 7.92. The number of esters is 1. The van der Waals surface area contributed by atoms with Gasteiger partial charge in [-0.15, -0.1) is 0 Å². The Morgan fingerprint density at radius 2 is 1.82 bits per heavy atom. The number of methoxy groups -OCH3 is 2. The third kappa shape index (κ3) is 3.37. The third-order valence-corrected chi connectivity index (χ3v) is 5.45. The van der Waals surface area contributed by atoms with Crippen molar-refractivity contribution in [3.63, 3.8) is 0 Å². The lowest BCUT2D eigenvalue weighted by atomic mass is 10.2. The van der Waals surface area contributed by atoms with E-state index in [0.29, 0.717) is 16.7 Å². The lowest BCUT2D eigenvalue weighted by molar-refractivity contribution is 0.0595. The van der Waals surface area contributed by atoms with Crippen molar-refractivity contribution < 1.29 is 32.6 Å². The van der Waals surface area contributed by atoms with Crippen molar-refractivity contribution in [2.75, 3.05) is 18.9 Å². The molecule has 0 radical (unpaired) electrons. The van der Waals surface area contributed by atoms with Gasteiger partial charge < -0.3 is 19.6 Å². The lowest BCUT2D eigenvalue weighted by Gasteiger charge is -2.11. The molecular formula is C18H16N2O7S. The minimum absolute atomic E-state index is 0.166. The summed E-state index contributed by atoms with van der Waals surface area (Å²) in [7, 11) is -1.75. The number of carboxylic acids is 1. The number of sulfonamides is 1. The minimum Gasteiger partial charge on any atom is -0.497 e. The van der Waals surface area contributed by atoms with E-state index in [-0.39, 0.29) is 21.8 Å². The predicted molar refractivity (Wildman–Crippen MR) is 100 cm³/mol. The van der Waals surface area contributed by atoms with E-state index in [1.165, 1.54) is 37.4 Å². The molecule has 0 unspecified atom stereocenters. The van der Waals surface area contributed by atoms with E-state index in [2.05, 4.69) is 14.4 Å². The minimum atomic E-state index is -4.31. The molecule has 0 aliphatic rings. The first-order valence-corrected chi connectivity index (χ1v) is 9.40. The average molecular weight is 404 g/mol. The highest BCUT2D eigenvalue weighted by atomic mass is 32.2. The van der Waals surface area contributed by atoms with Crippen molar-refractivity contribution in [3.8, 4) is 5.75 Å². The molecule has 0 aliphatic carbocycles. The standard InChI is InChI=1S/C18H16N2O7S/c1-26-10-7-8-13-12(9-10)15(16(19-13)17(21)22)20-28(24,25)14-6-4-3-5-11(14)18(23)27-2/h3-9,19-20H,1-2H3,(H,21,22). The van der Waals surface area contributed by atoms with Crippen LogP contribution >= 0.6 is 0 Å². The molecule has 0 bridgehead atoms. The summed E-state index contributed by atoms with van der Waals surface area (Å²) in [6.45, 7) is 0. The maximum absolute atomic E-state index is 13.0. The average Bonchev–Trinajstić information content (AvgIpc) is 3.04. The zero-order chi connectivity index (χ0) is 20.5. The zero-order valence-corrected chi connectivity index (χ0v) is 15.7. The third-order valence-electron chi connectivity index (χ3n) is 4.04. The van der Waals surface area contributed by atoms with Crippen LogP contribution < -0.4 is 9.46 Å². The Hall–Kier alpha value is -3.53. The number of carbonyl (C=O) groups is 2. The summed E-state index contributed by atoms with van der Waals surface area (Å²) in [4.78, 5) is 25.9. The Morgan fingerprint density at radius 3 is 2.46 bits per heavy atom. The Morgan fingerprint density at radius 1 is 1.11 bits per heavy atom. The Labute approximate surface area is 159 Å². The topological polar surface area (TPSA) is 135 Å². The molecule has 0 fully saturated rings. The normalized spacial score (nSPS) is 11.2. The summed E-state index contributed by atoms with van der Waals surface area (Å²) in [6, 6.07) is 10.1. The van der Waals surface area contributed by atoms with E-state index in [1.807, 2.05) is 0 Å². The van der Waals surface area contributed by atoms with Crippen LogP contribution in [0.4, 0.5) is 5.69 Å². The number of carbonyl (C=O) groups excluding carboxylic acids is 1. The van der Waals surface area contributed by atoms with Gasteiger partial charge in [-0.25, -0.2) is 18.0 Å². The van der Waals surface area contributed by atoms with Crippen LogP contribution in [-0.4, -0.2) is 44.7 Å². The fourth-order valence-corrected chi connectivity index (χ4v) is 4.02. The van der Waals surface area contributed by atoms with Gasteiger partial charge in [0.15, 0.2) is 0 Å². The van der Waals surface area contributed by atoms with Crippen LogP contribution in [-0.2, 0) is 14.8 Å². The maximum atomic E-state index is 13.0. The molecule has 3 rings (SSSR count). The molecule has 0 atom stereocenters. The lowest BCUT2D eigenvalue weighted by Crippen LogP contribution is -2.18. The van der Waals surface area contributed by atoms with Crippen LogP contribution in [0.1, 0.15) is 20.8 Å². The number of aromatic nitrogens is 1. The highest BCUT2D eigenvalue weighted by Gasteiger charge is 2.27. The second kappa shape index (κ2) is 7.24. The van der Waals surface area contributed by atoms with Crippen molar-refractivity contribution in [1.82, 2.24) is 4.98 Å². The molecule has 2 aromatic carbocycles. The first-order chi connectivity index (χ1) is 13.3. The van der Waals surface area contributed by atoms with Crippen molar-refractivity contribution in [2.45, 2.75) is 4.90 Å². The number of fused-ring (bicyclic) bond motifs is 1. The summed E-state index contributed by atoms with van der Waals surface area (Å²) in [6.07, 6.45) is 0. The predicted octanol–water partition coefficient (Wildman–Crippen LogP) is 2.46. The fourth-order valence-electron chi connectivity index (χ4n) is 2.73. The van der Waals surface area contributed by atoms with E-state index in [0.717, 1.165) is 7.11 Å². The van der Waals surface area contributed by atoms with Crippen molar-refractivity contribution in [2.24, 2.45) is 0 Å². The number of anilines is 1. The molecule has 9 nitrogen and oxygen atoms in total. The van der Waals surface area contributed by atoms with Crippen LogP contribution in [0.2, 0.25) is 0 Å². The number of aromatic amines is 1. The van der Waals surface area contributed by atoms with Gasteiger partial charge in [-0.3, -0.25) is 4.72 Å². The van der Waals surface area contributed by atoms with E-state index >= 15 is 0 Å². The molecule has 1 aromatic heterocycles. The number of rotatable bonds is 6. The van der Waals surface area contributed by atoms with Gasteiger partial charge in [0.1, 0.15) is 16.3 Å². The number of carboxylic acid groups (broad SMARTS) is 1. The second-order valence-electron chi connectivity index (χ2n) is 5.68. The number of hydrogen-bond acceptors (Lipinski definition) is 6. The summed E-state index contributed by atoms with van der Waals surface area (Å²) in [5, 5.41) is 9.77.